The number of fused-ring (bicyclic) bond motifs is 1. The molecule has 0 spiro atoms. The summed E-state index contributed by atoms with van der Waals surface area (Å²) in [4.78, 5) is 26.9. The number of halogens is 2. The van der Waals surface area contributed by atoms with Gasteiger partial charge in [0.05, 0.1) is 5.69 Å². The van der Waals surface area contributed by atoms with E-state index in [0.29, 0.717) is 50.2 Å². The standard InChI is InChI=1S/C22H26FN3O3.ClH/c1-2-16-4-6-19(29-16)22(28)26-11-8-14(9-12-26)21(27)25-18-5-3-15-13-24-10-7-17(15)20(18)23;/h3-6,14,24H,2,7-13H2,1H3,(H,25,27);1H. The van der Waals surface area contributed by atoms with E-state index in [1.165, 1.54) is 0 Å². The number of carbonyl (C=O) groups is 2. The second-order valence-corrected chi connectivity index (χ2v) is 7.67. The van der Waals surface area contributed by atoms with Crippen LogP contribution >= 0.6 is 12.4 Å². The molecular weight excluding hydrogens is 409 g/mol. The van der Waals surface area contributed by atoms with Gasteiger partial charge < -0.3 is 20.0 Å². The largest absolute Gasteiger partial charge is 0.456 e. The maximum Gasteiger partial charge on any atom is 0.289 e. The number of aryl methyl sites for hydroxylation is 1. The average molecular weight is 436 g/mol. The van der Waals surface area contributed by atoms with Crippen LogP contribution in [0.5, 0.6) is 0 Å². The fourth-order valence-electron chi connectivity index (χ4n) is 4.05. The molecule has 4 rings (SSSR count). The summed E-state index contributed by atoms with van der Waals surface area (Å²) in [7, 11) is 0. The van der Waals surface area contributed by atoms with Crippen LogP contribution in [-0.4, -0.2) is 36.3 Å². The van der Waals surface area contributed by atoms with Crippen LogP contribution in [0.1, 0.15) is 47.2 Å². The first-order valence-electron chi connectivity index (χ1n) is 10.3. The van der Waals surface area contributed by atoms with Crippen LogP contribution in [0.4, 0.5) is 10.1 Å². The van der Waals surface area contributed by atoms with Crippen molar-refractivity contribution in [2.24, 2.45) is 5.92 Å². The van der Waals surface area contributed by atoms with E-state index in [1.54, 1.807) is 17.0 Å². The van der Waals surface area contributed by atoms with Gasteiger partial charge in [0, 0.05) is 32.0 Å². The molecule has 2 N–H and O–H groups in total. The molecule has 0 aliphatic carbocycles. The Morgan fingerprint density at radius 3 is 2.70 bits per heavy atom. The Kier molecular flexibility index (Phi) is 7.15. The number of carbonyl (C=O) groups excluding carboxylic acids is 2. The molecule has 2 aromatic rings. The summed E-state index contributed by atoms with van der Waals surface area (Å²) in [5, 5.41) is 5.98. The van der Waals surface area contributed by atoms with Crippen molar-refractivity contribution in [2.75, 3.05) is 25.0 Å². The van der Waals surface area contributed by atoms with E-state index in [0.717, 1.165) is 24.3 Å². The Hall–Kier alpha value is -2.38. The fraction of sp³-hybridized carbons (Fsp3) is 0.455. The molecule has 2 aliphatic rings. The average Bonchev–Trinajstić information content (AvgIpc) is 3.25. The molecule has 30 heavy (non-hydrogen) atoms. The smallest absolute Gasteiger partial charge is 0.289 e. The highest BCUT2D eigenvalue weighted by atomic mass is 35.5. The van der Waals surface area contributed by atoms with E-state index >= 15 is 0 Å². The van der Waals surface area contributed by atoms with Crippen LogP contribution in [0, 0.1) is 11.7 Å². The number of anilines is 1. The summed E-state index contributed by atoms with van der Waals surface area (Å²) in [6.45, 7) is 4.33. The summed E-state index contributed by atoms with van der Waals surface area (Å²) < 4.78 is 20.3. The van der Waals surface area contributed by atoms with Crippen molar-refractivity contribution in [1.29, 1.82) is 0 Å². The zero-order valence-corrected chi connectivity index (χ0v) is 17.8. The minimum Gasteiger partial charge on any atom is -0.456 e. The maximum atomic E-state index is 14.8. The predicted molar refractivity (Wildman–Crippen MR) is 114 cm³/mol. The number of furan rings is 1. The van der Waals surface area contributed by atoms with E-state index in [4.69, 9.17) is 4.42 Å². The van der Waals surface area contributed by atoms with Gasteiger partial charge in [-0.05, 0) is 55.1 Å². The fourth-order valence-corrected chi connectivity index (χ4v) is 4.05. The molecule has 162 valence electrons. The van der Waals surface area contributed by atoms with Crippen LogP contribution < -0.4 is 10.6 Å². The minimum absolute atomic E-state index is 0. The molecule has 0 bridgehead atoms. The van der Waals surface area contributed by atoms with E-state index in [9.17, 15) is 14.0 Å². The van der Waals surface area contributed by atoms with Crippen molar-refractivity contribution in [3.8, 4) is 0 Å². The topological polar surface area (TPSA) is 74.6 Å². The van der Waals surface area contributed by atoms with Crippen molar-refractivity contribution in [3.05, 3.63) is 52.7 Å². The number of hydrogen-bond donors (Lipinski definition) is 2. The molecule has 1 aromatic carbocycles. The summed E-state index contributed by atoms with van der Waals surface area (Å²) >= 11 is 0. The van der Waals surface area contributed by atoms with Crippen molar-refractivity contribution in [1.82, 2.24) is 10.2 Å². The number of rotatable bonds is 4. The lowest BCUT2D eigenvalue weighted by Gasteiger charge is -2.31. The van der Waals surface area contributed by atoms with Gasteiger partial charge in [0.2, 0.25) is 5.91 Å². The highest BCUT2D eigenvalue weighted by Gasteiger charge is 2.29. The molecular formula is C22H27ClFN3O3. The summed E-state index contributed by atoms with van der Waals surface area (Å²) in [5.41, 5.74) is 1.88. The number of nitrogens with one attached hydrogen (secondary N) is 2. The van der Waals surface area contributed by atoms with Crippen LogP contribution in [0.3, 0.4) is 0 Å². The summed E-state index contributed by atoms with van der Waals surface area (Å²) in [6, 6.07) is 7.03. The molecule has 0 atom stereocenters. The van der Waals surface area contributed by atoms with Crippen molar-refractivity contribution >= 4 is 29.9 Å². The zero-order valence-electron chi connectivity index (χ0n) is 17.0. The first kappa shape index (κ1) is 22.3. The van der Waals surface area contributed by atoms with Crippen molar-refractivity contribution in [2.45, 2.75) is 39.2 Å². The normalized spacial score (nSPS) is 16.5. The Morgan fingerprint density at radius 1 is 1.23 bits per heavy atom. The van der Waals surface area contributed by atoms with Crippen LogP contribution in [0.15, 0.2) is 28.7 Å². The Balaban J connectivity index is 0.00000256. The van der Waals surface area contributed by atoms with E-state index < -0.39 is 0 Å². The van der Waals surface area contributed by atoms with Crippen molar-refractivity contribution < 1.29 is 18.4 Å². The number of benzene rings is 1. The minimum atomic E-state index is -0.325. The SMILES string of the molecule is CCc1ccc(C(=O)N2CCC(C(=O)Nc3ccc4c(c3F)CCNC4)CC2)o1.Cl. The molecule has 6 nitrogen and oxygen atoms in total. The summed E-state index contributed by atoms with van der Waals surface area (Å²) in [5.74, 6) is 0.239. The lowest BCUT2D eigenvalue weighted by Crippen LogP contribution is -2.41. The van der Waals surface area contributed by atoms with Gasteiger partial charge in [-0.25, -0.2) is 4.39 Å². The molecule has 0 saturated carbocycles. The second kappa shape index (κ2) is 9.62. The van der Waals surface area contributed by atoms with Crippen molar-refractivity contribution in [3.63, 3.8) is 0 Å². The third kappa shape index (κ3) is 4.52. The monoisotopic (exact) mass is 435 g/mol. The van der Waals surface area contributed by atoms with Gasteiger partial charge in [0.25, 0.3) is 5.91 Å². The number of piperidine rings is 1. The number of amides is 2. The zero-order chi connectivity index (χ0) is 20.4. The number of likely N-dealkylation sites (tertiary alicyclic amines) is 1. The lowest BCUT2D eigenvalue weighted by molar-refractivity contribution is -0.121. The van der Waals surface area contributed by atoms with Gasteiger partial charge in [-0.1, -0.05) is 13.0 Å². The third-order valence-corrected chi connectivity index (χ3v) is 5.84. The molecule has 1 saturated heterocycles. The molecule has 0 unspecified atom stereocenters. The van der Waals surface area contributed by atoms with Gasteiger partial charge in [0.15, 0.2) is 5.76 Å². The number of hydrogen-bond acceptors (Lipinski definition) is 4. The molecule has 1 aromatic heterocycles. The van der Waals surface area contributed by atoms with Gasteiger partial charge >= 0.3 is 0 Å². The first-order chi connectivity index (χ1) is 14.1. The van der Waals surface area contributed by atoms with Crippen LogP contribution in [0.25, 0.3) is 0 Å². The molecule has 2 amide bonds. The Bertz CT molecular complexity index is 922. The maximum absolute atomic E-state index is 14.8. The third-order valence-electron chi connectivity index (χ3n) is 5.84. The van der Waals surface area contributed by atoms with Crippen LogP contribution in [0.2, 0.25) is 0 Å². The van der Waals surface area contributed by atoms with Crippen LogP contribution in [-0.2, 0) is 24.2 Å². The second-order valence-electron chi connectivity index (χ2n) is 7.67. The Morgan fingerprint density at radius 2 is 2.00 bits per heavy atom. The summed E-state index contributed by atoms with van der Waals surface area (Å²) in [6.07, 6.45) is 2.47. The van der Waals surface area contributed by atoms with Gasteiger partial charge in [-0.2, -0.15) is 0 Å². The van der Waals surface area contributed by atoms with E-state index in [-0.39, 0.29) is 41.6 Å². The molecule has 8 heteroatoms. The van der Waals surface area contributed by atoms with Gasteiger partial charge in [-0.3, -0.25) is 9.59 Å². The highest BCUT2D eigenvalue weighted by Crippen LogP contribution is 2.27. The lowest BCUT2D eigenvalue weighted by atomic mass is 9.95. The Labute approximate surface area is 181 Å². The van der Waals surface area contributed by atoms with Gasteiger partial charge in [-0.15, -0.1) is 12.4 Å². The first-order valence-corrected chi connectivity index (χ1v) is 10.3. The van der Waals surface area contributed by atoms with E-state index in [2.05, 4.69) is 10.6 Å². The quantitative estimate of drug-likeness (QED) is 0.770. The van der Waals surface area contributed by atoms with E-state index in [1.807, 2.05) is 19.1 Å². The predicted octanol–water partition coefficient (Wildman–Crippen LogP) is 3.54. The van der Waals surface area contributed by atoms with Gasteiger partial charge in [0.1, 0.15) is 11.6 Å². The highest BCUT2D eigenvalue weighted by molar-refractivity contribution is 5.94. The number of nitrogens with zero attached hydrogens (tertiary/aromatic N) is 1. The molecule has 3 heterocycles. The molecule has 1 fully saturated rings. The molecule has 2 aliphatic heterocycles. The molecule has 0 radical (unpaired) electrons.